The predicted octanol–water partition coefficient (Wildman–Crippen LogP) is 9.54. The molecule has 0 aromatic carbocycles. The molecule has 1 aliphatic rings. The van der Waals surface area contributed by atoms with Crippen LogP contribution in [0.2, 0.25) is 0 Å². The van der Waals surface area contributed by atoms with Crippen LogP contribution in [0.4, 0.5) is 0 Å². The van der Waals surface area contributed by atoms with E-state index in [1.807, 2.05) is 0 Å². The molecule has 0 spiro atoms. The fraction of sp³-hybridized carbons (Fsp3) is 0.933. The van der Waals surface area contributed by atoms with E-state index in [-0.39, 0.29) is 0 Å². The first-order valence-electron chi connectivity index (χ1n) is 14.9. The largest absolute Gasteiger partial charge is 0.481 e. The number of hydrogen-bond donors (Lipinski definition) is 2. The maximum Gasteiger partial charge on any atom is 0.310 e. The van der Waals surface area contributed by atoms with Crippen LogP contribution in [0.25, 0.3) is 0 Å². The Labute approximate surface area is 210 Å². The Morgan fingerprint density at radius 2 is 0.765 bits per heavy atom. The zero-order valence-corrected chi connectivity index (χ0v) is 22.7. The van der Waals surface area contributed by atoms with Gasteiger partial charge in [-0.25, -0.2) is 0 Å². The van der Waals surface area contributed by atoms with Gasteiger partial charge in [0.1, 0.15) is 0 Å². The summed E-state index contributed by atoms with van der Waals surface area (Å²) in [5, 5.41) is 20.8. The smallest absolute Gasteiger partial charge is 0.310 e. The van der Waals surface area contributed by atoms with E-state index in [9.17, 15) is 19.8 Å². The summed E-state index contributed by atoms with van der Waals surface area (Å²) in [4.78, 5) is 25.3. The number of aliphatic carboxylic acids is 2. The van der Waals surface area contributed by atoms with Crippen molar-refractivity contribution in [1.82, 2.24) is 0 Å². The lowest BCUT2D eigenvalue weighted by molar-refractivity contribution is -0.182. The van der Waals surface area contributed by atoms with Crippen LogP contribution in [0.5, 0.6) is 0 Å². The quantitative estimate of drug-likeness (QED) is 0.151. The molecule has 1 aliphatic carbocycles. The molecular formula is C30H56O4. The molecule has 1 rings (SSSR count). The van der Waals surface area contributed by atoms with Crippen LogP contribution < -0.4 is 0 Å². The van der Waals surface area contributed by atoms with E-state index in [0.29, 0.717) is 25.7 Å². The van der Waals surface area contributed by atoms with Gasteiger partial charge in [-0.15, -0.1) is 0 Å². The van der Waals surface area contributed by atoms with Crippen molar-refractivity contribution in [2.75, 3.05) is 0 Å². The number of carboxylic acids is 2. The van der Waals surface area contributed by atoms with E-state index < -0.39 is 22.8 Å². The summed E-state index contributed by atoms with van der Waals surface area (Å²) >= 11 is 0. The summed E-state index contributed by atoms with van der Waals surface area (Å²) in [6, 6.07) is 0. The van der Waals surface area contributed by atoms with Crippen molar-refractivity contribution < 1.29 is 19.8 Å². The number of hydrogen-bond acceptors (Lipinski definition) is 2. The van der Waals surface area contributed by atoms with Crippen LogP contribution in [0.15, 0.2) is 0 Å². The molecule has 1 saturated carbocycles. The molecule has 0 saturated heterocycles. The maximum atomic E-state index is 12.7. The van der Waals surface area contributed by atoms with E-state index in [1.165, 1.54) is 77.0 Å². The molecule has 1 fully saturated rings. The number of carbonyl (C=O) groups is 2. The van der Waals surface area contributed by atoms with E-state index in [0.717, 1.165) is 51.4 Å². The highest BCUT2D eigenvalue weighted by atomic mass is 16.4. The van der Waals surface area contributed by atoms with E-state index >= 15 is 0 Å². The third-order valence-electron chi connectivity index (χ3n) is 8.61. The molecule has 200 valence electrons. The summed E-state index contributed by atoms with van der Waals surface area (Å²) in [5.74, 6) is -1.71. The van der Waals surface area contributed by atoms with Crippen LogP contribution in [0.1, 0.15) is 168 Å². The second kappa shape index (κ2) is 18.2. The van der Waals surface area contributed by atoms with Gasteiger partial charge in [-0.05, 0) is 25.7 Å². The molecule has 0 aromatic rings. The summed E-state index contributed by atoms with van der Waals surface area (Å²) in [5.41, 5.74) is -2.17. The molecule has 0 aliphatic heterocycles. The molecule has 0 aromatic heterocycles. The van der Waals surface area contributed by atoms with Crippen LogP contribution in [-0.2, 0) is 9.59 Å². The molecule has 0 heterocycles. The van der Waals surface area contributed by atoms with E-state index in [4.69, 9.17) is 0 Å². The van der Waals surface area contributed by atoms with Gasteiger partial charge in [0.05, 0.1) is 10.8 Å². The average molecular weight is 481 g/mol. The van der Waals surface area contributed by atoms with Crippen molar-refractivity contribution in [3.63, 3.8) is 0 Å². The highest BCUT2D eigenvalue weighted by Gasteiger charge is 2.61. The first-order chi connectivity index (χ1) is 16.5. The third-order valence-corrected chi connectivity index (χ3v) is 8.61. The first kappa shape index (κ1) is 31.0. The number of unbranched alkanes of at least 4 members (excludes halogenated alkanes) is 16. The SMILES string of the molecule is CCCCCCCCCCCC1(C(=O)O)CCCCC1(CCCCCCCCCCC)C(=O)O. The van der Waals surface area contributed by atoms with Crippen molar-refractivity contribution >= 4 is 11.9 Å². The Hall–Kier alpha value is -1.06. The van der Waals surface area contributed by atoms with Crippen molar-refractivity contribution in [3.8, 4) is 0 Å². The predicted molar refractivity (Wildman–Crippen MR) is 142 cm³/mol. The first-order valence-corrected chi connectivity index (χ1v) is 14.9. The van der Waals surface area contributed by atoms with Crippen LogP contribution in [0.3, 0.4) is 0 Å². The average Bonchev–Trinajstić information content (AvgIpc) is 2.82. The fourth-order valence-electron chi connectivity index (χ4n) is 6.37. The molecule has 34 heavy (non-hydrogen) atoms. The Bertz CT molecular complexity index is 498. The highest BCUT2D eigenvalue weighted by Crippen LogP contribution is 2.57. The van der Waals surface area contributed by atoms with Gasteiger partial charge in [-0.3, -0.25) is 9.59 Å². The van der Waals surface area contributed by atoms with Gasteiger partial charge < -0.3 is 10.2 Å². The standard InChI is InChI=1S/C30H56O4/c1-3-5-7-9-11-13-15-17-19-23-29(27(31)32)25-21-22-26-30(29,28(33)34)24-20-18-16-14-12-10-8-6-4-2/h3-26H2,1-2H3,(H,31,32)(H,33,34). The Morgan fingerprint density at radius 1 is 0.500 bits per heavy atom. The van der Waals surface area contributed by atoms with Gasteiger partial charge in [0.15, 0.2) is 0 Å². The third kappa shape index (κ3) is 9.90. The van der Waals surface area contributed by atoms with Crippen molar-refractivity contribution in [3.05, 3.63) is 0 Å². The minimum Gasteiger partial charge on any atom is -0.481 e. The lowest BCUT2D eigenvalue weighted by Gasteiger charge is -2.49. The summed E-state index contributed by atoms with van der Waals surface area (Å²) in [7, 11) is 0. The molecular weight excluding hydrogens is 424 g/mol. The Morgan fingerprint density at radius 3 is 1.03 bits per heavy atom. The molecule has 4 nitrogen and oxygen atoms in total. The monoisotopic (exact) mass is 480 g/mol. The normalized spacial score (nSPS) is 22.6. The van der Waals surface area contributed by atoms with Crippen LogP contribution in [-0.4, -0.2) is 22.2 Å². The number of carboxylic acid groups (broad SMARTS) is 2. The van der Waals surface area contributed by atoms with Gasteiger partial charge in [-0.2, -0.15) is 0 Å². The van der Waals surface area contributed by atoms with Crippen molar-refractivity contribution in [2.24, 2.45) is 10.8 Å². The van der Waals surface area contributed by atoms with Gasteiger partial charge in [-0.1, -0.05) is 142 Å². The molecule has 0 bridgehead atoms. The minimum absolute atomic E-state index is 0.530. The van der Waals surface area contributed by atoms with Gasteiger partial charge >= 0.3 is 11.9 Å². The van der Waals surface area contributed by atoms with E-state index in [1.54, 1.807) is 0 Å². The topological polar surface area (TPSA) is 74.6 Å². The molecule has 0 radical (unpaired) electrons. The van der Waals surface area contributed by atoms with Crippen molar-refractivity contribution in [1.29, 1.82) is 0 Å². The zero-order chi connectivity index (χ0) is 25.1. The maximum absolute atomic E-state index is 12.7. The summed E-state index contributed by atoms with van der Waals surface area (Å²) in [6.45, 7) is 4.46. The Kier molecular flexibility index (Phi) is 16.6. The molecule has 2 unspecified atom stereocenters. The molecule has 4 heteroatoms. The zero-order valence-electron chi connectivity index (χ0n) is 22.7. The summed E-state index contributed by atoms with van der Waals surface area (Å²) in [6.07, 6.45) is 25.2. The van der Waals surface area contributed by atoms with Crippen LogP contribution in [0, 0.1) is 10.8 Å². The van der Waals surface area contributed by atoms with E-state index in [2.05, 4.69) is 13.8 Å². The minimum atomic E-state index is -1.08. The fourth-order valence-corrected chi connectivity index (χ4v) is 6.37. The van der Waals surface area contributed by atoms with Gasteiger partial charge in [0, 0.05) is 0 Å². The van der Waals surface area contributed by atoms with Gasteiger partial charge in [0.2, 0.25) is 0 Å². The lowest BCUT2D eigenvalue weighted by atomic mass is 9.52. The summed E-state index contributed by atoms with van der Waals surface area (Å²) < 4.78 is 0. The molecule has 2 atom stereocenters. The number of rotatable bonds is 22. The Balaban J connectivity index is 2.58. The molecule has 0 amide bonds. The highest BCUT2D eigenvalue weighted by molar-refractivity contribution is 5.87. The lowest BCUT2D eigenvalue weighted by Crippen LogP contribution is -2.54. The second-order valence-electron chi connectivity index (χ2n) is 11.1. The van der Waals surface area contributed by atoms with Gasteiger partial charge in [0.25, 0.3) is 0 Å². The van der Waals surface area contributed by atoms with Crippen molar-refractivity contribution in [2.45, 2.75) is 168 Å². The van der Waals surface area contributed by atoms with Crippen LogP contribution >= 0.6 is 0 Å². The second-order valence-corrected chi connectivity index (χ2v) is 11.1. The molecule has 2 N–H and O–H groups in total.